The summed E-state index contributed by atoms with van der Waals surface area (Å²) < 4.78 is 52.1. The van der Waals surface area contributed by atoms with E-state index in [4.69, 9.17) is 10.3 Å². The molecule has 0 aliphatic rings. The van der Waals surface area contributed by atoms with Gasteiger partial charge < -0.3 is 5.73 Å². The van der Waals surface area contributed by atoms with Crippen LogP contribution in [0.2, 0.25) is 0 Å². The zero-order valence-electron chi connectivity index (χ0n) is 7.94. The summed E-state index contributed by atoms with van der Waals surface area (Å²) in [5.41, 5.74) is 5.62. The van der Waals surface area contributed by atoms with Crippen molar-refractivity contribution in [3.63, 3.8) is 0 Å². The summed E-state index contributed by atoms with van der Waals surface area (Å²) in [5, 5.41) is 0.600. The maximum atomic E-state index is 11.5. The molecule has 0 aliphatic carbocycles. The first-order valence-electron chi connectivity index (χ1n) is 3.97. The van der Waals surface area contributed by atoms with Crippen LogP contribution in [-0.2, 0) is 20.0 Å². The summed E-state index contributed by atoms with van der Waals surface area (Å²) >= 11 is 0. The molecule has 1 rings (SSSR count). The molecule has 0 aromatic heterocycles. The summed E-state index contributed by atoms with van der Waals surface area (Å²) in [6.07, 6.45) is 0. The van der Waals surface area contributed by atoms with Gasteiger partial charge in [-0.15, -0.1) is 0 Å². The Kier molecular flexibility index (Phi) is 3.36. The number of anilines is 1. The van der Waals surface area contributed by atoms with E-state index in [0.717, 1.165) is 0 Å². The van der Waals surface area contributed by atoms with Crippen LogP contribution in [0.25, 0.3) is 0 Å². The van der Waals surface area contributed by atoms with E-state index < -0.39 is 20.0 Å². The fourth-order valence-corrected chi connectivity index (χ4v) is 2.79. The van der Waals surface area contributed by atoms with Gasteiger partial charge in [0, 0.05) is 11.1 Å². The van der Waals surface area contributed by atoms with E-state index in [9.17, 15) is 16.8 Å². The van der Waals surface area contributed by atoms with Gasteiger partial charge in [-0.25, -0.2) is 8.42 Å². The van der Waals surface area contributed by atoms with Crippen molar-refractivity contribution >= 4 is 25.6 Å². The summed E-state index contributed by atoms with van der Waals surface area (Å²) in [4.78, 5) is -0.146. The molecule has 0 amide bonds. The number of hydrogen-bond acceptors (Lipinski definition) is 5. The Morgan fingerprint density at radius 1 is 1.12 bits per heavy atom. The Hall–Kier alpha value is -1.38. The van der Waals surface area contributed by atoms with E-state index in [-0.39, 0.29) is 16.0 Å². The van der Waals surface area contributed by atoms with Crippen LogP contribution in [0.4, 0.5) is 5.69 Å². The molecular formula is C8H9NO5S2. The second-order valence-corrected chi connectivity index (χ2v) is 6.04. The van der Waals surface area contributed by atoms with E-state index in [0.29, 0.717) is 5.41 Å². The predicted molar refractivity (Wildman–Crippen MR) is 58.7 cm³/mol. The fraction of sp³-hybridized carbons (Fsp3) is 0. The van der Waals surface area contributed by atoms with Gasteiger partial charge in [-0.3, -0.25) is 4.55 Å². The quantitative estimate of drug-likeness (QED) is 0.602. The lowest BCUT2D eigenvalue weighted by Gasteiger charge is -1.99. The molecule has 0 unspecified atom stereocenters. The van der Waals surface area contributed by atoms with Crippen molar-refractivity contribution < 1.29 is 21.4 Å². The Morgan fingerprint density at radius 2 is 1.75 bits per heavy atom. The van der Waals surface area contributed by atoms with Crippen LogP contribution in [-0.4, -0.2) is 21.4 Å². The molecule has 0 aliphatic heterocycles. The van der Waals surface area contributed by atoms with Crippen molar-refractivity contribution in [2.24, 2.45) is 0 Å². The highest BCUT2D eigenvalue weighted by Gasteiger charge is 2.11. The number of rotatable bonds is 3. The monoisotopic (exact) mass is 263 g/mol. The standard InChI is InChI=1S/C8H9NO5S2/c9-7-2-1-3-8(6-7)15(10,11)4-5-16(12,13)14/h1-6H,9H2,(H,12,13,14). The molecule has 0 radical (unpaired) electrons. The van der Waals surface area contributed by atoms with E-state index in [1.165, 1.54) is 24.3 Å². The third kappa shape index (κ3) is 3.65. The third-order valence-corrected chi connectivity index (χ3v) is 3.65. The largest absolute Gasteiger partial charge is 0.399 e. The van der Waals surface area contributed by atoms with E-state index >= 15 is 0 Å². The molecular weight excluding hydrogens is 254 g/mol. The summed E-state index contributed by atoms with van der Waals surface area (Å²) in [7, 11) is -8.38. The summed E-state index contributed by atoms with van der Waals surface area (Å²) in [5.74, 6) is 0. The molecule has 0 heterocycles. The van der Waals surface area contributed by atoms with Gasteiger partial charge in [-0.1, -0.05) is 6.07 Å². The molecule has 8 heteroatoms. The van der Waals surface area contributed by atoms with Crippen molar-refractivity contribution in [1.82, 2.24) is 0 Å². The lowest BCUT2D eigenvalue weighted by Crippen LogP contribution is -1.99. The Bertz CT molecular complexity index is 616. The van der Waals surface area contributed by atoms with Gasteiger partial charge in [0.15, 0.2) is 0 Å². The first kappa shape index (κ1) is 12.7. The molecule has 3 N–H and O–H groups in total. The minimum Gasteiger partial charge on any atom is -0.399 e. The number of hydrogen-bond donors (Lipinski definition) is 2. The highest BCUT2D eigenvalue weighted by Crippen LogP contribution is 2.15. The minimum absolute atomic E-state index is 0.146. The molecule has 0 saturated heterocycles. The van der Waals surface area contributed by atoms with Crippen LogP contribution in [0.1, 0.15) is 0 Å². The van der Waals surface area contributed by atoms with Gasteiger partial charge in [0.2, 0.25) is 9.84 Å². The number of nitrogens with two attached hydrogens (primary N) is 1. The second-order valence-electron chi connectivity index (χ2n) is 2.90. The molecule has 0 spiro atoms. The van der Waals surface area contributed by atoms with Crippen LogP contribution >= 0.6 is 0 Å². The van der Waals surface area contributed by atoms with Crippen LogP contribution in [0.15, 0.2) is 40.0 Å². The lowest BCUT2D eigenvalue weighted by atomic mass is 10.3. The van der Waals surface area contributed by atoms with Gasteiger partial charge in [-0.2, -0.15) is 8.42 Å². The van der Waals surface area contributed by atoms with Gasteiger partial charge in [-0.05, 0) is 18.2 Å². The lowest BCUT2D eigenvalue weighted by molar-refractivity contribution is 0.494. The molecule has 88 valence electrons. The van der Waals surface area contributed by atoms with Gasteiger partial charge in [0.1, 0.15) is 0 Å². The zero-order valence-corrected chi connectivity index (χ0v) is 9.57. The van der Waals surface area contributed by atoms with E-state index in [1.807, 2.05) is 0 Å². The first-order valence-corrected chi connectivity index (χ1v) is 7.02. The highest BCUT2D eigenvalue weighted by atomic mass is 32.2. The molecule has 1 aromatic rings. The van der Waals surface area contributed by atoms with Crippen LogP contribution in [0, 0.1) is 0 Å². The average molecular weight is 263 g/mol. The molecule has 0 atom stereocenters. The fourth-order valence-electron chi connectivity index (χ4n) is 0.913. The summed E-state index contributed by atoms with van der Waals surface area (Å²) in [6.45, 7) is 0. The SMILES string of the molecule is Nc1cccc(S(=O)(=O)C=CS(=O)(=O)O)c1. The predicted octanol–water partition coefficient (Wildman–Crippen LogP) is 0.401. The number of benzene rings is 1. The molecule has 0 saturated carbocycles. The normalized spacial score (nSPS) is 13.1. The van der Waals surface area contributed by atoms with E-state index in [1.54, 1.807) is 0 Å². The topological polar surface area (TPSA) is 115 Å². The van der Waals surface area contributed by atoms with E-state index in [2.05, 4.69) is 0 Å². The van der Waals surface area contributed by atoms with Crippen molar-refractivity contribution in [2.45, 2.75) is 4.90 Å². The van der Waals surface area contributed by atoms with Crippen LogP contribution in [0.3, 0.4) is 0 Å². The zero-order chi connectivity index (χ0) is 12.4. The Balaban J connectivity index is 3.19. The Morgan fingerprint density at radius 3 is 2.25 bits per heavy atom. The van der Waals surface area contributed by atoms with Crippen molar-refractivity contribution in [1.29, 1.82) is 0 Å². The maximum Gasteiger partial charge on any atom is 0.288 e. The first-order chi connectivity index (χ1) is 7.21. The Labute approximate surface area is 93.1 Å². The highest BCUT2D eigenvalue weighted by molar-refractivity contribution is 7.96. The van der Waals surface area contributed by atoms with Gasteiger partial charge >= 0.3 is 0 Å². The molecule has 0 bridgehead atoms. The molecule has 1 aromatic carbocycles. The molecule has 0 fully saturated rings. The van der Waals surface area contributed by atoms with Crippen LogP contribution < -0.4 is 5.73 Å². The van der Waals surface area contributed by atoms with Crippen molar-refractivity contribution in [2.75, 3.05) is 5.73 Å². The number of nitrogen functional groups attached to an aromatic ring is 1. The molecule has 16 heavy (non-hydrogen) atoms. The van der Waals surface area contributed by atoms with Gasteiger partial charge in [0.25, 0.3) is 10.1 Å². The summed E-state index contributed by atoms with van der Waals surface area (Å²) in [6, 6.07) is 5.36. The van der Waals surface area contributed by atoms with Crippen molar-refractivity contribution in [3.8, 4) is 0 Å². The number of sulfone groups is 1. The molecule has 6 nitrogen and oxygen atoms in total. The van der Waals surface area contributed by atoms with Gasteiger partial charge in [0.05, 0.1) is 10.3 Å². The average Bonchev–Trinajstić information content (AvgIpc) is 2.14. The smallest absolute Gasteiger partial charge is 0.288 e. The van der Waals surface area contributed by atoms with Crippen LogP contribution in [0.5, 0.6) is 0 Å². The maximum absolute atomic E-state index is 11.5. The second kappa shape index (κ2) is 4.24. The minimum atomic E-state index is -4.47. The van der Waals surface area contributed by atoms with Crippen molar-refractivity contribution in [3.05, 3.63) is 35.1 Å². The third-order valence-electron chi connectivity index (χ3n) is 1.59.